The number of nitrogens with zero attached hydrogens (tertiary/aromatic N) is 1. The molecule has 0 aliphatic heterocycles. The highest BCUT2D eigenvalue weighted by atomic mass is 35.5. The minimum absolute atomic E-state index is 0.419. The molecule has 3 aromatic rings. The molecular formula is C14H7Cl2NO2. The van der Waals surface area contributed by atoms with Crippen LogP contribution in [0.2, 0.25) is 10.0 Å². The van der Waals surface area contributed by atoms with Crippen molar-refractivity contribution in [2.24, 2.45) is 0 Å². The maximum Gasteiger partial charge on any atom is 0.227 e. The average Bonchev–Trinajstić information content (AvgIpc) is 2.80. The largest absolute Gasteiger partial charge is 0.436 e. The Balaban J connectivity index is 2.17. The van der Waals surface area contributed by atoms with E-state index in [0.717, 1.165) is 6.29 Å². The second-order valence-electron chi connectivity index (χ2n) is 4.02. The van der Waals surface area contributed by atoms with Crippen LogP contribution in [0.1, 0.15) is 10.4 Å². The van der Waals surface area contributed by atoms with E-state index < -0.39 is 0 Å². The maximum atomic E-state index is 10.7. The van der Waals surface area contributed by atoms with E-state index >= 15 is 0 Å². The summed E-state index contributed by atoms with van der Waals surface area (Å²) in [7, 11) is 0. The summed E-state index contributed by atoms with van der Waals surface area (Å²) < 4.78 is 5.62. The van der Waals surface area contributed by atoms with Gasteiger partial charge >= 0.3 is 0 Å². The van der Waals surface area contributed by atoms with Gasteiger partial charge in [-0.2, -0.15) is 0 Å². The quantitative estimate of drug-likeness (QED) is 0.647. The molecule has 3 nitrogen and oxygen atoms in total. The molecule has 5 heteroatoms. The van der Waals surface area contributed by atoms with Crippen molar-refractivity contribution in [3.8, 4) is 11.5 Å². The van der Waals surface area contributed by atoms with Crippen molar-refractivity contribution >= 4 is 40.6 Å². The number of halogens is 2. The van der Waals surface area contributed by atoms with Gasteiger partial charge in [-0.1, -0.05) is 23.2 Å². The minimum Gasteiger partial charge on any atom is -0.436 e. The number of fused-ring (bicyclic) bond motifs is 1. The van der Waals surface area contributed by atoms with Crippen molar-refractivity contribution in [3.05, 3.63) is 52.0 Å². The lowest BCUT2D eigenvalue weighted by Gasteiger charge is -1.97. The van der Waals surface area contributed by atoms with E-state index in [2.05, 4.69) is 4.98 Å². The van der Waals surface area contributed by atoms with Crippen molar-refractivity contribution in [1.29, 1.82) is 0 Å². The number of benzene rings is 2. The number of hydrogen-bond donors (Lipinski definition) is 0. The molecule has 0 saturated heterocycles. The molecule has 0 N–H and O–H groups in total. The number of hydrogen-bond acceptors (Lipinski definition) is 3. The molecule has 0 unspecified atom stereocenters. The van der Waals surface area contributed by atoms with Gasteiger partial charge in [0.2, 0.25) is 5.89 Å². The third-order valence-electron chi connectivity index (χ3n) is 2.66. The first-order valence-corrected chi connectivity index (χ1v) is 6.23. The Kier molecular flexibility index (Phi) is 3.01. The zero-order valence-corrected chi connectivity index (χ0v) is 11.1. The number of aromatic nitrogens is 1. The van der Waals surface area contributed by atoms with Gasteiger partial charge in [-0.3, -0.25) is 4.79 Å². The number of aldehydes is 1. The molecule has 0 saturated carbocycles. The summed E-state index contributed by atoms with van der Waals surface area (Å²) in [6.07, 6.45) is 0.762. The molecule has 94 valence electrons. The molecule has 0 aliphatic rings. The van der Waals surface area contributed by atoms with E-state index in [1.54, 1.807) is 36.4 Å². The van der Waals surface area contributed by atoms with Crippen LogP contribution in [0.3, 0.4) is 0 Å². The topological polar surface area (TPSA) is 43.1 Å². The fraction of sp³-hybridized carbons (Fsp3) is 0. The van der Waals surface area contributed by atoms with Gasteiger partial charge in [0.05, 0.1) is 0 Å². The molecule has 1 heterocycles. The zero-order valence-electron chi connectivity index (χ0n) is 9.56. The number of carbonyl (C=O) groups excluding carboxylic acids is 1. The van der Waals surface area contributed by atoms with Crippen molar-refractivity contribution in [1.82, 2.24) is 4.98 Å². The fourth-order valence-electron chi connectivity index (χ4n) is 1.82. The Labute approximate surface area is 118 Å². The Morgan fingerprint density at radius 2 is 1.79 bits per heavy atom. The van der Waals surface area contributed by atoms with E-state index in [-0.39, 0.29) is 0 Å². The number of oxazole rings is 1. The van der Waals surface area contributed by atoms with E-state index in [1.807, 2.05) is 0 Å². The standard InChI is InChI=1S/C14H7Cl2NO2/c15-10-4-9(5-11(16)6-10)14-17-12-2-1-8(7-18)3-13(12)19-14/h1-7H. The van der Waals surface area contributed by atoms with Crippen molar-refractivity contribution in [2.75, 3.05) is 0 Å². The van der Waals surface area contributed by atoms with Crippen LogP contribution in [0.4, 0.5) is 0 Å². The van der Waals surface area contributed by atoms with Gasteiger partial charge in [0.15, 0.2) is 5.58 Å². The Hall–Kier alpha value is -1.84. The van der Waals surface area contributed by atoms with Crippen LogP contribution < -0.4 is 0 Å². The molecule has 1 aromatic heterocycles. The Morgan fingerprint density at radius 3 is 2.47 bits per heavy atom. The highest BCUT2D eigenvalue weighted by Crippen LogP contribution is 2.29. The summed E-state index contributed by atoms with van der Waals surface area (Å²) in [5, 5.41) is 1.02. The number of carbonyl (C=O) groups is 1. The van der Waals surface area contributed by atoms with Gasteiger partial charge in [-0.15, -0.1) is 0 Å². The normalized spacial score (nSPS) is 10.8. The van der Waals surface area contributed by atoms with E-state index in [9.17, 15) is 4.79 Å². The Morgan fingerprint density at radius 1 is 1.05 bits per heavy atom. The minimum atomic E-state index is 0.419. The second kappa shape index (κ2) is 4.68. The summed E-state index contributed by atoms with van der Waals surface area (Å²) in [6.45, 7) is 0. The first-order valence-electron chi connectivity index (χ1n) is 5.48. The SMILES string of the molecule is O=Cc1ccc2nc(-c3cc(Cl)cc(Cl)c3)oc2c1. The molecule has 0 bridgehead atoms. The molecule has 19 heavy (non-hydrogen) atoms. The van der Waals surface area contributed by atoms with E-state index in [0.29, 0.717) is 38.2 Å². The van der Waals surface area contributed by atoms with Crippen LogP contribution in [0.5, 0.6) is 0 Å². The lowest BCUT2D eigenvalue weighted by atomic mass is 10.2. The van der Waals surface area contributed by atoms with Crippen molar-refractivity contribution < 1.29 is 9.21 Å². The summed E-state index contributed by atoms with van der Waals surface area (Å²) in [4.78, 5) is 15.1. The molecular weight excluding hydrogens is 285 g/mol. The second-order valence-corrected chi connectivity index (χ2v) is 4.90. The highest BCUT2D eigenvalue weighted by Gasteiger charge is 2.10. The van der Waals surface area contributed by atoms with Crippen LogP contribution in [0.15, 0.2) is 40.8 Å². The fourth-order valence-corrected chi connectivity index (χ4v) is 2.34. The lowest BCUT2D eigenvalue weighted by molar-refractivity contribution is 0.112. The summed E-state index contributed by atoms with van der Waals surface area (Å²) >= 11 is 11.9. The summed E-state index contributed by atoms with van der Waals surface area (Å²) in [6, 6.07) is 10.1. The maximum absolute atomic E-state index is 10.7. The van der Waals surface area contributed by atoms with Gasteiger partial charge in [-0.25, -0.2) is 4.98 Å². The monoisotopic (exact) mass is 291 g/mol. The predicted octanol–water partition coefficient (Wildman–Crippen LogP) is 4.61. The van der Waals surface area contributed by atoms with Crippen molar-refractivity contribution in [3.63, 3.8) is 0 Å². The Bertz CT molecular complexity index is 760. The van der Waals surface area contributed by atoms with E-state index in [4.69, 9.17) is 27.6 Å². The smallest absolute Gasteiger partial charge is 0.227 e. The highest BCUT2D eigenvalue weighted by molar-refractivity contribution is 6.35. The third kappa shape index (κ3) is 2.35. The summed E-state index contributed by atoms with van der Waals surface area (Å²) in [5.41, 5.74) is 2.47. The van der Waals surface area contributed by atoms with Crippen LogP contribution in [0, 0.1) is 0 Å². The first kappa shape index (κ1) is 12.2. The van der Waals surface area contributed by atoms with Crippen LogP contribution >= 0.6 is 23.2 Å². The van der Waals surface area contributed by atoms with Gasteiger partial charge in [0, 0.05) is 21.2 Å². The molecule has 0 atom stereocenters. The third-order valence-corrected chi connectivity index (χ3v) is 3.09. The predicted molar refractivity (Wildman–Crippen MR) is 74.9 cm³/mol. The van der Waals surface area contributed by atoms with Crippen LogP contribution in [-0.2, 0) is 0 Å². The zero-order chi connectivity index (χ0) is 13.4. The molecule has 0 amide bonds. The van der Waals surface area contributed by atoms with Gasteiger partial charge in [0.25, 0.3) is 0 Å². The molecule has 0 radical (unpaired) electrons. The van der Waals surface area contributed by atoms with Crippen LogP contribution in [0.25, 0.3) is 22.6 Å². The molecule has 2 aromatic carbocycles. The first-order chi connectivity index (χ1) is 9.15. The van der Waals surface area contributed by atoms with Gasteiger partial charge in [0.1, 0.15) is 11.8 Å². The molecule has 0 aliphatic carbocycles. The van der Waals surface area contributed by atoms with Crippen LogP contribution in [-0.4, -0.2) is 11.3 Å². The van der Waals surface area contributed by atoms with E-state index in [1.165, 1.54) is 0 Å². The molecule has 3 rings (SSSR count). The average molecular weight is 292 g/mol. The number of rotatable bonds is 2. The molecule has 0 fully saturated rings. The van der Waals surface area contributed by atoms with Crippen molar-refractivity contribution in [2.45, 2.75) is 0 Å². The van der Waals surface area contributed by atoms with Gasteiger partial charge < -0.3 is 4.42 Å². The molecule has 0 spiro atoms. The van der Waals surface area contributed by atoms with Gasteiger partial charge in [-0.05, 0) is 36.4 Å². The summed E-state index contributed by atoms with van der Waals surface area (Å²) in [5.74, 6) is 0.419. The lowest BCUT2D eigenvalue weighted by Crippen LogP contribution is -1.78.